The lowest BCUT2D eigenvalue weighted by molar-refractivity contribution is -0.138. The molecule has 0 radical (unpaired) electrons. The van der Waals surface area contributed by atoms with Gasteiger partial charge < -0.3 is 26.0 Å². The lowest BCUT2D eigenvalue weighted by atomic mass is 9.82. The molecule has 2 aliphatic carbocycles. The number of amides is 2. The summed E-state index contributed by atoms with van der Waals surface area (Å²) in [5, 5.41) is 22.8. The van der Waals surface area contributed by atoms with E-state index in [4.69, 9.17) is 10.3 Å². The van der Waals surface area contributed by atoms with Gasteiger partial charge in [0.25, 0.3) is 0 Å². The highest BCUT2D eigenvalue weighted by Gasteiger charge is 2.46. The average molecular weight is 520 g/mol. The van der Waals surface area contributed by atoms with E-state index in [0.717, 1.165) is 48.8 Å². The van der Waals surface area contributed by atoms with Crippen LogP contribution in [0.1, 0.15) is 48.8 Å². The summed E-state index contributed by atoms with van der Waals surface area (Å²) in [6.45, 7) is -0.0880. The van der Waals surface area contributed by atoms with Gasteiger partial charge in [0, 0.05) is 19.4 Å². The highest BCUT2D eigenvalue weighted by atomic mass is 16.5. The zero-order valence-electron chi connectivity index (χ0n) is 21.2. The van der Waals surface area contributed by atoms with Crippen molar-refractivity contribution < 1.29 is 24.0 Å². The molecule has 2 aliphatic rings. The maximum atomic E-state index is 13.8. The highest BCUT2D eigenvalue weighted by Crippen LogP contribution is 2.32. The molecule has 0 unspecified atom stereocenters. The molecule has 38 heavy (non-hydrogen) atoms. The molecule has 1 fully saturated rings. The van der Waals surface area contributed by atoms with Gasteiger partial charge in [-0.05, 0) is 47.6 Å². The number of hydrogen-bond donors (Lipinski definition) is 5. The molecule has 2 aromatic carbocycles. The average Bonchev–Trinajstić information content (AvgIpc) is 3.48. The van der Waals surface area contributed by atoms with Crippen LogP contribution in [0.5, 0.6) is 0 Å². The summed E-state index contributed by atoms with van der Waals surface area (Å²) in [4.78, 5) is 38.8. The second kappa shape index (κ2) is 10.8. The molecule has 2 amide bonds. The van der Waals surface area contributed by atoms with Gasteiger partial charge >= 0.3 is 5.97 Å². The minimum Gasteiger partial charge on any atom is -0.480 e. The first-order valence-corrected chi connectivity index (χ1v) is 13.1. The molecule has 0 spiro atoms. The van der Waals surface area contributed by atoms with E-state index in [9.17, 15) is 19.5 Å². The number of nitrogens with one attached hydrogen (secondary N) is 3. The minimum atomic E-state index is -1.18. The number of nitrogens with zero attached hydrogens (tertiary/aromatic N) is 1. The Morgan fingerprint density at radius 3 is 2.47 bits per heavy atom. The zero-order chi connectivity index (χ0) is 26.7. The number of aromatic nitrogens is 1. The third-order valence-corrected chi connectivity index (χ3v) is 7.79. The van der Waals surface area contributed by atoms with Gasteiger partial charge in [-0.2, -0.15) is 0 Å². The zero-order valence-corrected chi connectivity index (χ0v) is 21.2. The van der Waals surface area contributed by atoms with Gasteiger partial charge in [0.1, 0.15) is 5.54 Å². The molecule has 0 aliphatic heterocycles. The number of benzene rings is 2. The van der Waals surface area contributed by atoms with Gasteiger partial charge in [-0.3, -0.25) is 19.7 Å². The van der Waals surface area contributed by atoms with E-state index < -0.39 is 17.6 Å². The Kier molecular flexibility index (Phi) is 7.33. The van der Waals surface area contributed by atoms with Crippen molar-refractivity contribution in [3.63, 3.8) is 0 Å². The van der Waals surface area contributed by atoms with Crippen LogP contribution in [0.4, 0.5) is 5.82 Å². The normalized spacial score (nSPS) is 17.6. The van der Waals surface area contributed by atoms with Gasteiger partial charge in [0.05, 0.1) is 18.0 Å². The smallest absolute Gasteiger partial charge is 0.317 e. The Morgan fingerprint density at radius 1 is 1.08 bits per heavy atom. The second-order valence-corrected chi connectivity index (χ2v) is 10.4. The number of nitrogens with two attached hydrogens (primary N) is 1. The SMILES string of the molecule is Nc1noc2cc(CNC(=O)C3(NC(=O)[C@H](NCC(=O)O)C4CCCCC4)Cc4ccccc4C3)ccc12. The molecule has 5 rings (SSSR count). The summed E-state index contributed by atoms with van der Waals surface area (Å²) >= 11 is 0. The fourth-order valence-corrected chi connectivity index (χ4v) is 5.84. The topological polar surface area (TPSA) is 160 Å². The molecule has 10 nitrogen and oxygen atoms in total. The van der Waals surface area contributed by atoms with Gasteiger partial charge in [0.15, 0.2) is 11.4 Å². The maximum Gasteiger partial charge on any atom is 0.317 e. The summed E-state index contributed by atoms with van der Waals surface area (Å²) in [6, 6.07) is 12.5. The lowest BCUT2D eigenvalue weighted by Crippen LogP contribution is -2.63. The van der Waals surface area contributed by atoms with E-state index in [1.54, 1.807) is 12.1 Å². The molecule has 1 saturated carbocycles. The van der Waals surface area contributed by atoms with Crippen molar-refractivity contribution in [2.24, 2.45) is 5.92 Å². The number of carboxylic acids is 1. The number of aliphatic carboxylic acids is 1. The summed E-state index contributed by atoms with van der Waals surface area (Å²) in [5.74, 6) is -1.32. The highest BCUT2D eigenvalue weighted by molar-refractivity contribution is 5.95. The Bertz CT molecular complexity index is 1320. The van der Waals surface area contributed by atoms with E-state index in [1.807, 2.05) is 30.3 Å². The van der Waals surface area contributed by atoms with E-state index in [-0.39, 0.29) is 30.8 Å². The second-order valence-electron chi connectivity index (χ2n) is 10.4. The maximum absolute atomic E-state index is 13.8. The molecule has 3 aromatic rings. The lowest BCUT2D eigenvalue weighted by Gasteiger charge is -2.35. The first kappa shape index (κ1) is 25.7. The van der Waals surface area contributed by atoms with Crippen LogP contribution in [0.15, 0.2) is 47.0 Å². The summed E-state index contributed by atoms with van der Waals surface area (Å²) in [5.41, 5.74) is 7.98. The van der Waals surface area contributed by atoms with Crippen molar-refractivity contribution in [1.82, 2.24) is 21.1 Å². The molecule has 1 aromatic heterocycles. The molecule has 0 bridgehead atoms. The van der Waals surface area contributed by atoms with Crippen molar-refractivity contribution in [1.29, 1.82) is 0 Å². The number of hydrogen-bond acceptors (Lipinski definition) is 7. The van der Waals surface area contributed by atoms with Gasteiger partial charge in [-0.25, -0.2) is 0 Å². The number of carbonyl (C=O) groups excluding carboxylic acids is 2. The minimum absolute atomic E-state index is 0.0214. The predicted molar refractivity (Wildman–Crippen MR) is 141 cm³/mol. The number of anilines is 1. The molecule has 1 heterocycles. The first-order chi connectivity index (χ1) is 18.3. The Balaban J connectivity index is 1.36. The number of carbonyl (C=O) groups is 3. The summed E-state index contributed by atoms with van der Waals surface area (Å²) < 4.78 is 5.24. The number of fused-ring (bicyclic) bond motifs is 2. The molecular weight excluding hydrogens is 486 g/mol. The van der Waals surface area contributed by atoms with E-state index in [2.05, 4.69) is 21.1 Å². The van der Waals surface area contributed by atoms with Crippen molar-refractivity contribution in [3.05, 3.63) is 59.2 Å². The van der Waals surface area contributed by atoms with Crippen molar-refractivity contribution in [3.8, 4) is 0 Å². The fraction of sp³-hybridized carbons (Fsp3) is 0.429. The fourth-order valence-electron chi connectivity index (χ4n) is 5.84. The largest absolute Gasteiger partial charge is 0.480 e. The standard InChI is InChI=1S/C28H33N5O5/c29-25-21-11-10-17(12-22(21)38-33-25)15-31-27(37)28(13-19-8-4-5-9-20(19)14-28)32-26(36)24(30-16-23(34)35)18-6-2-1-3-7-18/h4-5,8-12,18,24,30H,1-3,6-7,13-16H2,(H2,29,33)(H,31,37)(H,32,36)(H,34,35)/t24-/m1/s1. The Labute approximate surface area is 220 Å². The van der Waals surface area contributed by atoms with Crippen molar-refractivity contribution in [2.45, 2.75) is 63.1 Å². The first-order valence-electron chi connectivity index (χ1n) is 13.1. The van der Waals surface area contributed by atoms with E-state index in [1.165, 1.54) is 0 Å². The van der Waals surface area contributed by atoms with Gasteiger partial charge in [0.2, 0.25) is 11.8 Å². The van der Waals surface area contributed by atoms with Crippen LogP contribution in [-0.4, -0.2) is 46.2 Å². The van der Waals surface area contributed by atoms with Crippen molar-refractivity contribution in [2.75, 3.05) is 12.3 Å². The van der Waals surface area contributed by atoms with Crippen LogP contribution >= 0.6 is 0 Å². The Hall–Kier alpha value is -3.92. The van der Waals surface area contributed by atoms with Crippen LogP contribution in [0.3, 0.4) is 0 Å². The summed E-state index contributed by atoms with van der Waals surface area (Å²) in [6.07, 6.45) is 5.52. The summed E-state index contributed by atoms with van der Waals surface area (Å²) in [7, 11) is 0. The van der Waals surface area contributed by atoms with Crippen LogP contribution in [0.2, 0.25) is 0 Å². The molecule has 0 saturated heterocycles. The van der Waals surface area contributed by atoms with Gasteiger partial charge in [-0.1, -0.05) is 54.8 Å². The molecule has 10 heteroatoms. The predicted octanol–water partition coefficient (Wildman–Crippen LogP) is 2.30. The monoisotopic (exact) mass is 519 g/mol. The van der Waals surface area contributed by atoms with Crippen LogP contribution in [-0.2, 0) is 33.8 Å². The third kappa shape index (κ3) is 5.35. The molecular formula is C28H33N5O5. The van der Waals surface area contributed by atoms with Crippen LogP contribution in [0.25, 0.3) is 11.0 Å². The van der Waals surface area contributed by atoms with E-state index in [0.29, 0.717) is 29.6 Å². The molecule has 1 atom stereocenters. The van der Waals surface area contributed by atoms with Crippen molar-refractivity contribution >= 4 is 34.6 Å². The van der Waals surface area contributed by atoms with Crippen LogP contribution in [0, 0.1) is 5.92 Å². The Morgan fingerprint density at radius 2 is 1.79 bits per heavy atom. The van der Waals surface area contributed by atoms with E-state index >= 15 is 0 Å². The molecule has 200 valence electrons. The van der Waals surface area contributed by atoms with Crippen LogP contribution < -0.4 is 21.7 Å². The number of nitrogen functional groups attached to an aromatic ring is 1. The third-order valence-electron chi connectivity index (χ3n) is 7.79. The quantitative estimate of drug-likeness (QED) is 0.288. The van der Waals surface area contributed by atoms with Gasteiger partial charge in [-0.15, -0.1) is 0 Å². The number of carboxylic acid groups (broad SMARTS) is 1. The number of rotatable bonds is 9. The molecule has 6 N–H and O–H groups in total.